The van der Waals surface area contributed by atoms with Crippen LogP contribution in [0.3, 0.4) is 0 Å². The number of hydrogen-bond acceptors (Lipinski definition) is 2. The van der Waals surface area contributed by atoms with E-state index < -0.39 is 5.91 Å². The Morgan fingerprint density at radius 1 is 1.10 bits per heavy atom. The number of carbonyl (C=O) groups is 1. The molecular formula is C17H25NO2. The predicted molar refractivity (Wildman–Crippen MR) is 83.5 cm³/mol. The minimum Gasteiger partial charge on any atom is -0.494 e. The molecule has 3 heteroatoms. The molecule has 2 N–H and O–H groups in total. The van der Waals surface area contributed by atoms with Crippen molar-refractivity contribution in [3.8, 4) is 5.75 Å². The molecule has 0 aliphatic carbocycles. The molecule has 0 aliphatic heterocycles. The van der Waals surface area contributed by atoms with E-state index in [1.54, 1.807) is 6.08 Å². The fourth-order valence-corrected chi connectivity index (χ4v) is 1.93. The average molecular weight is 275 g/mol. The molecule has 0 unspecified atom stereocenters. The second kappa shape index (κ2) is 10.1. The van der Waals surface area contributed by atoms with Gasteiger partial charge in [-0.1, -0.05) is 51.2 Å². The summed E-state index contributed by atoms with van der Waals surface area (Å²) in [5.41, 5.74) is 5.98. The lowest BCUT2D eigenvalue weighted by Crippen LogP contribution is -2.05. The van der Waals surface area contributed by atoms with Gasteiger partial charge in [0.1, 0.15) is 5.75 Å². The molecular weight excluding hydrogens is 250 g/mol. The van der Waals surface area contributed by atoms with Crippen molar-refractivity contribution >= 4 is 12.0 Å². The second-order valence-corrected chi connectivity index (χ2v) is 4.92. The summed E-state index contributed by atoms with van der Waals surface area (Å²) in [4.78, 5) is 10.6. The van der Waals surface area contributed by atoms with E-state index in [0.717, 1.165) is 24.3 Å². The van der Waals surface area contributed by atoms with Gasteiger partial charge in [-0.3, -0.25) is 4.79 Å². The molecule has 1 aromatic rings. The first kappa shape index (κ1) is 16.3. The van der Waals surface area contributed by atoms with E-state index in [-0.39, 0.29) is 0 Å². The zero-order valence-electron chi connectivity index (χ0n) is 12.3. The maximum atomic E-state index is 10.6. The van der Waals surface area contributed by atoms with Crippen LogP contribution in [-0.2, 0) is 4.79 Å². The molecule has 0 atom stereocenters. The summed E-state index contributed by atoms with van der Waals surface area (Å²) < 4.78 is 5.68. The number of carbonyl (C=O) groups excluding carboxylic acids is 1. The van der Waals surface area contributed by atoms with E-state index in [1.165, 1.54) is 38.2 Å². The summed E-state index contributed by atoms with van der Waals surface area (Å²) in [7, 11) is 0. The lowest BCUT2D eigenvalue weighted by molar-refractivity contribution is -0.113. The lowest BCUT2D eigenvalue weighted by Gasteiger charge is -2.06. The summed E-state index contributed by atoms with van der Waals surface area (Å²) in [5, 5.41) is 0. The lowest BCUT2D eigenvalue weighted by atomic mass is 10.1. The monoisotopic (exact) mass is 275 g/mol. The standard InChI is InChI=1S/C17H25NO2/c1-2-3-4-5-6-7-14-20-16-11-8-15(9-12-16)10-13-17(18)19/h8-13H,2-7,14H2,1H3,(H2,18,19). The molecule has 1 amide bonds. The van der Waals surface area contributed by atoms with E-state index in [0.29, 0.717) is 0 Å². The average Bonchev–Trinajstić information content (AvgIpc) is 2.45. The third-order valence-corrected chi connectivity index (χ3v) is 3.09. The molecule has 0 fully saturated rings. The molecule has 0 aromatic heterocycles. The van der Waals surface area contributed by atoms with Gasteiger partial charge in [0.15, 0.2) is 0 Å². The zero-order chi connectivity index (χ0) is 14.6. The third kappa shape index (κ3) is 7.62. The van der Waals surface area contributed by atoms with Gasteiger partial charge in [0.25, 0.3) is 0 Å². The third-order valence-electron chi connectivity index (χ3n) is 3.09. The molecule has 0 aliphatic rings. The van der Waals surface area contributed by atoms with Crippen LogP contribution in [-0.4, -0.2) is 12.5 Å². The Bertz CT molecular complexity index is 410. The minimum absolute atomic E-state index is 0.437. The predicted octanol–water partition coefficient (Wildman–Crippen LogP) is 3.92. The van der Waals surface area contributed by atoms with Gasteiger partial charge in [-0.2, -0.15) is 0 Å². The zero-order valence-corrected chi connectivity index (χ0v) is 12.3. The summed E-state index contributed by atoms with van der Waals surface area (Å²) in [6, 6.07) is 7.65. The van der Waals surface area contributed by atoms with Crippen molar-refractivity contribution in [2.75, 3.05) is 6.61 Å². The van der Waals surface area contributed by atoms with Gasteiger partial charge in [-0.05, 0) is 30.2 Å². The van der Waals surface area contributed by atoms with Gasteiger partial charge in [0.05, 0.1) is 6.61 Å². The Balaban J connectivity index is 2.20. The van der Waals surface area contributed by atoms with Crippen molar-refractivity contribution in [1.82, 2.24) is 0 Å². The maximum Gasteiger partial charge on any atom is 0.241 e. The molecule has 3 nitrogen and oxygen atoms in total. The fourth-order valence-electron chi connectivity index (χ4n) is 1.93. The Morgan fingerprint density at radius 2 is 1.75 bits per heavy atom. The minimum atomic E-state index is -0.437. The molecule has 0 radical (unpaired) electrons. The molecule has 0 saturated carbocycles. The number of ether oxygens (including phenoxy) is 1. The Kier molecular flexibility index (Phi) is 8.20. The summed E-state index contributed by atoms with van der Waals surface area (Å²) in [6.45, 7) is 2.99. The highest BCUT2D eigenvalue weighted by molar-refractivity contribution is 5.90. The quantitative estimate of drug-likeness (QED) is 0.519. The Morgan fingerprint density at radius 3 is 2.40 bits per heavy atom. The van der Waals surface area contributed by atoms with Crippen LogP contribution in [0.1, 0.15) is 51.0 Å². The van der Waals surface area contributed by atoms with Gasteiger partial charge in [-0.25, -0.2) is 0 Å². The van der Waals surface area contributed by atoms with Gasteiger partial charge in [0.2, 0.25) is 5.91 Å². The number of primary amides is 1. The van der Waals surface area contributed by atoms with Gasteiger partial charge in [0, 0.05) is 6.08 Å². The molecule has 20 heavy (non-hydrogen) atoms. The number of nitrogens with two attached hydrogens (primary N) is 1. The van der Waals surface area contributed by atoms with Crippen LogP contribution < -0.4 is 10.5 Å². The van der Waals surface area contributed by atoms with Crippen LogP contribution in [0, 0.1) is 0 Å². The van der Waals surface area contributed by atoms with Crippen molar-refractivity contribution < 1.29 is 9.53 Å². The summed E-state index contributed by atoms with van der Waals surface area (Å²) >= 11 is 0. The van der Waals surface area contributed by atoms with Crippen molar-refractivity contribution in [1.29, 1.82) is 0 Å². The highest BCUT2D eigenvalue weighted by Crippen LogP contribution is 2.14. The van der Waals surface area contributed by atoms with Crippen molar-refractivity contribution in [3.05, 3.63) is 35.9 Å². The number of hydrogen-bond donors (Lipinski definition) is 1. The van der Waals surface area contributed by atoms with Gasteiger partial charge in [-0.15, -0.1) is 0 Å². The normalized spacial score (nSPS) is 10.8. The second-order valence-electron chi connectivity index (χ2n) is 4.92. The number of benzene rings is 1. The van der Waals surface area contributed by atoms with Crippen molar-refractivity contribution in [2.24, 2.45) is 5.73 Å². The highest BCUT2D eigenvalue weighted by Gasteiger charge is 1.95. The van der Waals surface area contributed by atoms with Crippen LogP contribution in [0.2, 0.25) is 0 Å². The first-order valence-electron chi connectivity index (χ1n) is 7.42. The molecule has 1 rings (SSSR count). The van der Waals surface area contributed by atoms with E-state index >= 15 is 0 Å². The van der Waals surface area contributed by atoms with Crippen LogP contribution in [0.4, 0.5) is 0 Å². The summed E-state index contributed by atoms with van der Waals surface area (Å²) in [6.07, 6.45) is 10.6. The molecule has 0 saturated heterocycles. The van der Waals surface area contributed by atoms with Crippen molar-refractivity contribution in [3.63, 3.8) is 0 Å². The number of amides is 1. The van der Waals surface area contributed by atoms with E-state index in [9.17, 15) is 4.79 Å². The highest BCUT2D eigenvalue weighted by atomic mass is 16.5. The van der Waals surface area contributed by atoms with E-state index in [1.807, 2.05) is 24.3 Å². The molecule has 1 aromatic carbocycles. The number of unbranched alkanes of at least 4 members (excludes halogenated alkanes) is 5. The molecule has 0 bridgehead atoms. The largest absolute Gasteiger partial charge is 0.494 e. The Hall–Kier alpha value is -1.77. The van der Waals surface area contributed by atoms with E-state index in [4.69, 9.17) is 10.5 Å². The summed E-state index contributed by atoms with van der Waals surface area (Å²) in [5.74, 6) is 0.434. The van der Waals surface area contributed by atoms with E-state index in [2.05, 4.69) is 6.92 Å². The number of rotatable bonds is 10. The SMILES string of the molecule is CCCCCCCCOc1ccc(C=CC(N)=O)cc1. The molecule has 0 spiro atoms. The van der Waals surface area contributed by atoms with Gasteiger partial charge < -0.3 is 10.5 Å². The topological polar surface area (TPSA) is 52.3 Å². The fraction of sp³-hybridized carbons (Fsp3) is 0.471. The first-order chi connectivity index (χ1) is 9.72. The van der Waals surface area contributed by atoms with Crippen LogP contribution in [0.25, 0.3) is 6.08 Å². The van der Waals surface area contributed by atoms with Crippen molar-refractivity contribution in [2.45, 2.75) is 45.4 Å². The van der Waals surface area contributed by atoms with Crippen LogP contribution in [0.15, 0.2) is 30.3 Å². The smallest absolute Gasteiger partial charge is 0.241 e. The Labute approximate surface area is 121 Å². The van der Waals surface area contributed by atoms with Gasteiger partial charge >= 0.3 is 0 Å². The van der Waals surface area contributed by atoms with Crippen LogP contribution in [0.5, 0.6) is 5.75 Å². The molecule has 0 heterocycles. The maximum absolute atomic E-state index is 10.6. The first-order valence-corrected chi connectivity index (χ1v) is 7.42. The van der Waals surface area contributed by atoms with Crippen LogP contribution >= 0.6 is 0 Å². The molecule has 110 valence electrons.